The van der Waals surface area contributed by atoms with Crippen LogP contribution in [0.5, 0.6) is 17.2 Å². The van der Waals surface area contributed by atoms with Crippen molar-refractivity contribution in [2.45, 2.75) is 33.2 Å². The Kier molecular flexibility index (Phi) is 7.07. The second-order valence-corrected chi connectivity index (χ2v) is 8.50. The van der Waals surface area contributed by atoms with Gasteiger partial charge in [-0.25, -0.2) is 4.79 Å². The molecule has 1 heterocycles. The lowest BCUT2D eigenvalue weighted by Gasteiger charge is -2.16. The Balaban J connectivity index is 1.85. The molecular formula is C29H28N2O4. The highest BCUT2D eigenvalue weighted by atomic mass is 16.5. The van der Waals surface area contributed by atoms with Gasteiger partial charge in [0.15, 0.2) is 0 Å². The quantitative estimate of drug-likeness (QED) is 0.353. The second-order valence-electron chi connectivity index (χ2n) is 8.50. The van der Waals surface area contributed by atoms with Crippen molar-refractivity contribution in [3.05, 3.63) is 82.3 Å². The first-order valence-corrected chi connectivity index (χ1v) is 11.6. The lowest BCUT2D eigenvalue weighted by Crippen LogP contribution is -2.24. The fraction of sp³-hybridized carbons (Fsp3) is 0.241. The molecule has 0 unspecified atom stereocenters. The first-order chi connectivity index (χ1) is 16.9. The summed E-state index contributed by atoms with van der Waals surface area (Å²) in [6.45, 7) is 6.93. The van der Waals surface area contributed by atoms with E-state index in [4.69, 9.17) is 15.9 Å². The minimum absolute atomic E-state index is 0.0540. The van der Waals surface area contributed by atoms with Gasteiger partial charge in [0.1, 0.15) is 23.9 Å². The molecule has 0 atom stereocenters. The Morgan fingerprint density at radius 2 is 1.74 bits per heavy atom. The zero-order chi connectivity index (χ0) is 24.9. The number of rotatable bonds is 8. The average molecular weight is 469 g/mol. The van der Waals surface area contributed by atoms with Gasteiger partial charge in [-0.1, -0.05) is 44.0 Å². The van der Waals surface area contributed by atoms with Crippen molar-refractivity contribution in [3.8, 4) is 40.8 Å². The molecule has 0 aliphatic rings. The summed E-state index contributed by atoms with van der Waals surface area (Å²) in [5, 5.41) is 11.3. The van der Waals surface area contributed by atoms with E-state index in [0.29, 0.717) is 40.8 Å². The number of phenolic OH excluding ortho intramolecular Hbond substituents is 1. The highest BCUT2D eigenvalue weighted by Gasteiger charge is 2.16. The van der Waals surface area contributed by atoms with Gasteiger partial charge in [0.25, 0.3) is 0 Å². The summed E-state index contributed by atoms with van der Waals surface area (Å²) in [4.78, 5) is 17.7. The molecule has 0 saturated heterocycles. The number of aromatic hydroxyl groups is 1. The molecule has 0 aliphatic heterocycles. The van der Waals surface area contributed by atoms with Crippen molar-refractivity contribution in [1.29, 1.82) is 0 Å². The van der Waals surface area contributed by atoms with Crippen LogP contribution in [0.2, 0.25) is 0 Å². The molecule has 6 nitrogen and oxygen atoms in total. The van der Waals surface area contributed by atoms with Crippen LogP contribution in [0, 0.1) is 12.3 Å². The van der Waals surface area contributed by atoms with Gasteiger partial charge in [0.05, 0.1) is 24.4 Å². The normalized spacial score (nSPS) is 10.9. The SMILES string of the molecule is C#CCOc1ccc2c(c1)c(-c1ccc(C(C)C)cc1)nc(=O)n2Cc1ccc(OCC)cc1O. The van der Waals surface area contributed by atoms with Crippen molar-refractivity contribution in [1.82, 2.24) is 9.55 Å². The van der Waals surface area contributed by atoms with E-state index < -0.39 is 5.69 Å². The maximum atomic E-state index is 13.2. The van der Waals surface area contributed by atoms with Gasteiger partial charge >= 0.3 is 5.69 Å². The van der Waals surface area contributed by atoms with Gasteiger partial charge in [-0.3, -0.25) is 4.57 Å². The Labute approximate surface area is 204 Å². The van der Waals surface area contributed by atoms with Crippen LogP contribution in [0.1, 0.15) is 37.8 Å². The van der Waals surface area contributed by atoms with Crippen molar-refractivity contribution < 1.29 is 14.6 Å². The first kappa shape index (κ1) is 23.9. The fourth-order valence-corrected chi connectivity index (χ4v) is 3.98. The molecule has 35 heavy (non-hydrogen) atoms. The van der Waals surface area contributed by atoms with Crippen LogP contribution >= 0.6 is 0 Å². The van der Waals surface area contributed by atoms with E-state index in [1.54, 1.807) is 28.8 Å². The van der Waals surface area contributed by atoms with E-state index in [0.717, 1.165) is 10.9 Å². The van der Waals surface area contributed by atoms with Crippen LogP contribution in [0.3, 0.4) is 0 Å². The summed E-state index contributed by atoms with van der Waals surface area (Å²) < 4.78 is 12.6. The molecule has 0 aliphatic carbocycles. The van der Waals surface area contributed by atoms with Crippen LogP contribution in [0.4, 0.5) is 0 Å². The highest BCUT2D eigenvalue weighted by Crippen LogP contribution is 2.31. The van der Waals surface area contributed by atoms with Crippen molar-refractivity contribution in [2.75, 3.05) is 13.2 Å². The minimum atomic E-state index is -0.411. The summed E-state index contributed by atoms with van der Waals surface area (Å²) in [7, 11) is 0. The van der Waals surface area contributed by atoms with Crippen LogP contribution in [0.25, 0.3) is 22.2 Å². The van der Waals surface area contributed by atoms with Crippen LogP contribution in [-0.2, 0) is 6.54 Å². The van der Waals surface area contributed by atoms with Crippen LogP contribution in [0.15, 0.2) is 65.5 Å². The van der Waals surface area contributed by atoms with Gasteiger partial charge in [-0.15, -0.1) is 6.42 Å². The summed E-state index contributed by atoms with van der Waals surface area (Å²) in [6.07, 6.45) is 5.36. The third kappa shape index (κ3) is 5.15. The highest BCUT2D eigenvalue weighted by molar-refractivity contribution is 5.93. The van der Waals surface area contributed by atoms with E-state index in [-0.39, 0.29) is 18.9 Å². The van der Waals surface area contributed by atoms with Crippen molar-refractivity contribution in [2.24, 2.45) is 0 Å². The zero-order valence-electron chi connectivity index (χ0n) is 20.1. The molecule has 1 N–H and O–H groups in total. The fourth-order valence-electron chi connectivity index (χ4n) is 3.98. The largest absolute Gasteiger partial charge is 0.507 e. The van der Waals surface area contributed by atoms with E-state index in [2.05, 4.69) is 36.9 Å². The molecule has 0 amide bonds. The Morgan fingerprint density at radius 1 is 1.03 bits per heavy atom. The smallest absolute Gasteiger partial charge is 0.348 e. The van der Waals surface area contributed by atoms with E-state index >= 15 is 0 Å². The monoisotopic (exact) mass is 468 g/mol. The predicted octanol–water partition coefficient (Wildman–Crippen LogP) is 5.35. The predicted molar refractivity (Wildman–Crippen MR) is 138 cm³/mol. The Hall–Kier alpha value is -4.24. The van der Waals surface area contributed by atoms with E-state index in [9.17, 15) is 9.90 Å². The number of terminal acetylenes is 1. The summed E-state index contributed by atoms with van der Waals surface area (Å²) in [5.41, 5.74) is 3.45. The standard InChI is InChI=1S/C29H28N2O4/c1-5-15-35-23-13-14-26-25(16-23)28(21-9-7-20(8-10-21)19(3)4)30-29(33)31(26)18-22-11-12-24(34-6-2)17-27(22)32/h1,7-14,16-17,19,32H,6,15,18H2,2-4H3. The summed E-state index contributed by atoms with van der Waals surface area (Å²) >= 11 is 0. The Bertz CT molecular complexity index is 1450. The topological polar surface area (TPSA) is 73.6 Å². The third-order valence-corrected chi connectivity index (χ3v) is 5.82. The van der Waals surface area contributed by atoms with Gasteiger partial charge in [-0.05, 0) is 48.7 Å². The van der Waals surface area contributed by atoms with Crippen LogP contribution in [-0.4, -0.2) is 27.9 Å². The molecule has 0 saturated carbocycles. The second kappa shape index (κ2) is 10.4. The molecule has 4 rings (SSSR count). The van der Waals surface area contributed by atoms with Crippen molar-refractivity contribution in [3.63, 3.8) is 0 Å². The molecule has 4 aromatic rings. The summed E-state index contributed by atoms with van der Waals surface area (Å²) in [6, 6.07) is 18.6. The van der Waals surface area contributed by atoms with E-state index in [1.165, 1.54) is 5.56 Å². The number of hydrogen-bond donors (Lipinski definition) is 1. The van der Waals surface area contributed by atoms with Gasteiger partial charge in [0, 0.05) is 22.6 Å². The molecule has 0 bridgehead atoms. The number of phenols is 1. The lowest BCUT2D eigenvalue weighted by atomic mass is 9.99. The lowest BCUT2D eigenvalue weighted by molar-refractivity contribution is 0.337. The van der Waals surface area contributed by atoms with Crippen LogP contribution < -0.4 is 15.2 Å². The number of nitrogens with zero attached hydrogens (tertiary/aromatic N) is 2. The van der Waals surface area contributed by atoms with E-state index in [1.807, 2.05) is 31.2 Å². The molecular weight excluding hydrogens is 440 g/mol. The van der Waals surface area contributed by atoms with Gasteiger partial charge in [-0.2, -0.15) is 4.98 Å². The number of ether oxygens (including phenoxy) is 2. The maximum absolute atomic E-state index is 13.2. The number of fused-ring (bicyclic) bond motifs is 1. The first-order valence-electron chi connectivity index (χ1n) is 11.6. The molecule has 0 radical (unpaired) electrons. The molecule has 6 heteroatoms. The van der Waals surface area contributed by atoms with Gasteiger partial charge in [0.2, 0.25) is 0 Å². The molecule has 3 aromatic carbocycles. The molecule has 1 aromatic heterocycles. The van der Waals surface area contributed by atoms with Gasteiger partial charge < -0.3 is 14.6 Å². The average Bonchev–Trinajstić information content (AvgIpc) is 2.85. The third-order valence-electron chi connectivity index (χ3n) is 5.82. The molecule has 0 fully saturated rings. The number of hydrogen-bond acceptors (Lipinski definition) is 5. The maximum Gasteiger partial charge on any atom is 0.348 e. The Morgan fingerprint density at radius 3 is 2.40 bits per heavy atom. The molecule has 178 valence electrons. The zero-order valence-corrected chi connectivity index (χ0v) is 20.1. The minimum Gasteiger partial charge on any atom is -0.507 e. The number of aromatic nitrogens is 2. The summed E-state index contributed by atoms with van der Waals surface area (Å²) in [5.74, 6) is 4.08. The van der Waals surface area contributed by atoms with Crippen molar-refractivity contribution >= 4 is 10.9 Å². The number of benzene rings is 3. The molecule has 0 spiro atoms.